The summed E-state index contributed by atoms with van der Waals surface area (Å²) in [5, 5.41) is 0. The zero-order chi connectivity index (χ0) is 21.6. The Morgan fingerprint density at radius 3 is 1.80 bits per heavy atom. The van der Waals surface area contributed by atoms with Gasteiger partial charge in [0.2, 0.25) is 10.0 Å². The fraction of sp³-hybridized carbons (Fsp3) is 0.174. The Morgan fingerprint density at radius 2 is 1.37 bits per heavy atom. The summed E-state index contributed by atoms with van der Waals surface area (Å²) in [5.41, 5.74) is 3.57. The van der Waals surface area contributed by atoms with Gasteiger partial charge in [0.05, 0.1) is 18.9 Å². The highest BCUT2D eigenvalue weighted by Crippen LogP contribution is 2.49. The Bertz CT molecular complexity index is 1200. The van der Waals surface area contributed by atoms with Crippen molar-refractivity contribution in [3.05, 3.63) is 77.4 Å². The van der Waals surface area contributed by atoms with Gasteiger partial charge in [0.15, 0.2) is 14.7 Å². The third-order valence-electron chi connectivity index (χ3n) is 5.07. The van der Waals surface area contributed by atoms with Crippen molar-refractivity contribution in [3.63, 3.8) is 0 Å². The molecule has 0 unspecified atom stereocenters. The van der Waals surface area contributed by atoms with Gasteiger partial charge in [0.1, 0.15) is 22.3 Å². The van der Waals surface area contributed by atoms with Crippen molar-refractivity contribution in [1.29, 1.82) is 0 Å². The molecule has 154 valence electrons. The summed E-state index contributed by atoms with van der Waals surface area (Å²) in [6.07, 6.45) is 1.23. The Hall–Kier alpha value is -2.77. The molecule has 1 heterocycles. The number of hydrogen-bond donors (Lipinski definition) is 0. The molecule has 0 aliphatic carbocycles. The van der Waals surface area contributed by atoms with E-state index in [4.69, 9.17) is 4.74 Å². The first-order chi connectivity index (χ1) is 14.2. The first-order valence-electron chi connectivity index (χ1n) is 9.36. The molecular weight excluding hydrogens is 418 g/mol. The van der Waals surface area contributed by atoms with Gasteiger partial charge in [-0.25, -0.2) is 17.5 Å². The van der Waals surface area contributed by atoms with Gasteiger partial charge in [-0.3, -0.25) is 0 Å². The number of para-hydroxylation sites is 2. The van der Waals surface area contributed by atoms with Gasteiger partial charge in [-0.2, -0.15) is 0 Å². The van der Waals surface area contributed by atoms with E-state index in [1.807, 2.05) is 74.5 Å². The van der Waals surface area contributed by atoms with Gasteiger partial charge in [0, 0.05) is 0 Å². The quantitative estimate of drug-likeness (QED) is 0.441. The minimum absolute atomic E-state index is 0.354. The summed E-state index contributed by atoms with van der Waals surface area (Å²) in [4.78, 5) is 15.1. The van der Waals surface area contributed by atoms with E-state index >= 15 is 0 Å². The number of benzene rings is 3. The number of ether oxygens (including phenoxy) is 1. The Balaban J connectivity index is 2.00. The molecule has 0 spiro atoms. The van der Waals surface area contributed by atoms with Crippen LogP contribution in [0.1, 0.15) is 21.5 Å². The second-order valence-electron chi connectivity index (χ2n) is 7.19. The number of esters is 1. The molecule has 3 aromatic carbocycles. The van der Waals surface area contributed by atoms with Gasteiger partial charge < -0.3 is 4.74 Å². The summed E-state index contributed by atoms with van der Waals surface area (Å²) >= 11 is 0. The van der Waals surface area contributed by atoms with Crippen LogP contribution in [0.4, 0.5) is 11.4 Å². The number of sulfonamides is 1. The molecule has 0 fully saturated rings. The first-order valence-corrected chi connectivity index (χ1v) is 12.4. The highest BCUT2D eigenvalue weighted by Gasteiger charge is 2.44. The largest absolute Gasteiger partial charge is 0.465 e. The Kier molecular flexibility index (Phi) is 5.11. The molecule has 4 rings (SSSR count). The number of aryl methyl sites for hydroxylation is 2. The molecule has 0 amide bonds. The lowest BCUT2D eigenvalue weighted by molar-refractivity contribution is 0.0599. The maximum absolute atomic E-state index is 12.7. The van der Waals surface area contributed by atoms with E-state index in [2.05, 4.69) is 0 Å². The van der Waals surface area contributed by atoms with Crippen molar-refractivity contribution in [2.24, 2.45) is 0 Å². The van der Waals surface area contributed by atoms with E-state index in [1.54, 1.807) is 0 Å². The summed E-state index contributed by atoms with van der Waals surface area (Å²) in [6.45, 7) is 3.80. The Morgan fingerprint density at radius 1 is 0.900 bits per heavy atom. The van der Waals surface area contributed by atoms with Crippen LogP contribution < -0.4 is 4.31 Å². The predicted molar refractivity (Wildman–Crippen MR) is 119 cm³/mol. The van der Waals surface area contributed by atoms with Gasteiger partial charge in [-0.15, -0.1) is 0 Å². The minimum atomic E-state index is -3.52. The fourth-order valence-corrected chi connectivity index (χ4v) is 7.57. The van der Waals surface area contributed by atoms with E-state index in [0.29, 0.717) is 16.9 Å². The van der Waals surface area contributed by atoms with E-state index in [9.17, 15) is 13.2 Å². The first kappa shape index (κ1) is 20.5. The van der Waals surface area contributed by atoms with Gasteiger partial charge >= 0.3 is 5.97 Å². The Labute approximate surface area is 179 Å². The molecule has 0 N–H and O–H groups in total. The molecule has 30 heavy (non-hydrogen) atoms. The third-order valence-corrected chi connectivity index (χ3v) is 8.40. The van der Waals surface area contributed by atoms with Crippen LogP contribution in [0.25, 0.3) is 0 Å². The SMILES string of the molecule is COC(=O)c1c(C)cc([S+]2c3ccccc3N(S(C)(=O)=O)c3ccccc32)cc1C. The van der Waals surface area contributed by atoms with Gasteiger partial charge in [-0.1, -0.05) is 24.3 Å². The van der Waals surface area contributed by atoms with Crippen LogP contribution in [0.5, 0.6) is 0 Å². The topological polar surface area (TPSA) is 63.7 Å². The van der Waals surface area contributed by atoms with E-state index in [0.717, 1.165) is 25.8 Å². The zero-order valence-electron chi connectivity index (χ0n) is 17.2. The summed E-state index contributed by atoms with van der Waals surface area (Å²) < 4.78 is 31.7. The van der Waals surface area contributed by atoms with Crippen molar-refractivity contribution in [3.8, 4) is 0 Å². The minimum Gasteiger partial charge on any atom is -0.465 e. The molecule has 3 aromatic rings. The number of hydrogen-bond acceptors (Lipinski definition) is 4. The molecule has 5 nitrogen and oxygen atoms in total. The van der Waals surface area contributed by atoms with E-state index in [-0.39, 0.29) is 5.97 Å². The van der Waals surface area contributed by atoms with Crippen LogP contribution in [0.15, 0.2) is 75.4 Å². The van der Waals surface area contributed by atoms with Crippen molar-refractivity contribution < 1.29 is 17.9 Å². The number of anilines is 2. The summed E-state index contributed by atoms with van der Waals surface area (Å²) in [7, 11) is -2.66. The van der Waals surface area contributed by atoms with Crippen molar-refractivity contribution >= 4 is 38.3 Å². The van der Waals surface area contributed by atoms with Crippen molar-refractivity contribution in [1.82, 2.24) is 0 Å². The molecule has 0 aromatic heterocycles. The number of carbonyl (C=O) groups is 1. The average Bonchev–Trinajstić information content (AvgIpc) is 2.70. The lowest BCUT2D eigenvalue weighted by Crippen LogP contribution is -2.31. The number of carbonyl (C=O) groups excluding carboxylic acids is 1. The fourth-order valence-electron chi connectivity index (χ4n) is 3.92. The molecule has 0 atom stereocenters. The molecule has 7 heteroatoms. The molecule has 0 radical (unpaired) electrons. The van der Waals surface area contributed by atoms with Crippen LogP contribution in [0, 0.1) is 13.8 Å². The summed E-state index contributed by atoms with van der Waals surface area (Å²) in [5.74, 6) is -0.354. The summed E-state index contributed by atoms with van der Waals surface area (Å²) in [6, 6.07) is 19.2. The second kappa shape index (κ2) is 7.49. The molecule has 0 saturated carbocycles. The molecule has 1 aliphatic rings. The van der Waals surface area contributed by atoms with E-state index < -0.39 is 20.9 Å². The smallest absolute Gasteiger partial charge is 0.338 e. The zero-order valence-corrected chi connectivity index (χ0v) is 18.8. The van der Waals surface area contributed by atoms with Gasteiger partial charge in [-0.05, 0) is 61.4 Å². The highest BCUT2D eigenvalue weighted by molar-refractivity contribution is 7.98. The molecular formula is C23H22NO4S2+. The standard InChI is InChI=1S/C23H22NO4S2/c1-15-13-17(14-16(2)22(15)23(25)28-3)29-20-11-7-5-9-18(20)24(30(4,26)27)19-10-6-8-12-21(19)29/h5-14H,1-4H3/q+1. The second-order valence-corrected chi connectivity index (χ2v) is 11.0. The number of fused-ring (bicyclic) bond motifs is 2. The molecule has 1 aliphatic heterocycles. The van der Waals surface area contributed by atoms with E-state index in [1.165, 1.54) is 17.7 Å². The lowest BCUT2D eigenvalue weighted by Gasteiger charge is -2.29. The molecule has 0 saturated heterocycles. The van der Waals surface area contributed by atoms with Crippen molar-refractivity contribution in [2.45, 2.75) is 28.5 Å². The highest BCUT2D eigenvalue weighted by atomic mass is 32.2. The lowest BCUT2D eigenvalue weighted by atomic mass is 10.0. The van der Waals surface area contributed by atoms with Crippen LogP contribution in [0.3, 0.4) is 0 Å². The number of rotatable bonds is 3. The van der Waals surface area contributed by atoms with Crippen molar-refractivity contribution in [2.75, 3.05) is 17.7 Å². The average molecular weight is 441 g/mol. The molecule has 0 bridgehead atoms. The van der Waals surface area contributed by atoms with Crippen LogP contribution >= 0.6 is 0 Å². The number of methoxy groups -OCH3 is 1. The maximum Gasteiger partial charge on any atom is 0.338 e. The monoisotopic (exact) mass is 440 g/mol. The van der Waals surface area contributed by atoms with Crippen LogP contribution in [0.2, 0.25) is 0 Å². The third kappa shape index (κ3) is 3.28. The van der Waals surface area contributed by atoms with Gasteiger partial charge in [0.25, 0.3) is 0 Å². The maximum atomic E-state index is 12.7. The predicted octanol–water partition coefficient (Wildman–Crippen LogP) is 4.60. The van der Waals surface area contributed by atoms with Crippen LogP contribution in [-0.2, 0) is 25.7 Å². The normalized spacial score (nSPS) is 13.5. The number of nitrogens with zero attached hydrogens (tertiary/aromatic N) is 1. The van der Waals surface area contributed by atoms with Crippen LogP contribution in [-0.4, -0.2) is 27.8 Å².